The van der Waals surface area contributed by atoms with Gasteiger partial charge < -0.3 is 73.7 Å². The Morgan fingerprint density at radius 3 is 0.691 bits per heavy atom. The van der Waals surface area contributed by atoms with Gasteiger partial charge in [0.15, 0.2) is 24.7 Å². The van der Waals surface area contributed by atoms with Crippen LogP contribution in [0.5, 0.6) is 0 Å². The molecule has 0 aromatic carbocycles. The second-order valence-corrected chi connectivity index (χ2v) is 34.4. The van der Waals surface area contributed by atoms with Gasteiger partial charge in [0.1, 0.15) is 37.0 Å². The summed E-state index contributed by atoms with van der Waals surface area (Å²) in [4.78, 5) is 0. The normalized spacial score (nSPS) is 38.7. The van der Waals surface area contributed by atoms with E-state index in [1.165, 1.54) is 128 Å². The molecule has 14 nitrogen and oxygen atoms in total. The maximum Gasteiger partial charge on any atom is 0.157 e. The minimum Gasteiger partial charge on any atom is -0.412 e. The first-order valence-corrected chi connectivity index (χ1v) is 43.1. The molecule has 10 saturated carbocycles. The summed E-state index contributed by atoms with van der Waals surface area (Å²) in [5, 5.41) is 0. The van der Waals surface area contributed by atoms with Crippen LogP contribution < -0.4 is 0 Å². The van der Waals surface area contributed by atoms with Crippen LogP contribution in [0.2, 0.25) is 0 Å². The van der Waals surface area contributed by atoms with Gasteiger partial charge in [-0.1, -0.05) is 183 Å². The number of rotatable bonds is 25. The molecule has 20 N–H and O–H groups in total. The van der Waals surface area contributed by atoms with Gasteiger partial charge in [0.25, 0.3) is 0 Å². The second kappa shape index (κ2) is 63.8. The molecule has 24 heteroatoms. The summed E-state index contributed by atoms with van der Waals surface area (Å²) >= 11 is 0. The Morgan fingerprint density at radius 2 is 0.445 bits per heavy atom. The van der Waals surface area contributed by atoms with Gasteiger partial charge in [0.2, 0.25) is 0 Å². The van der Waals surface area contributed by atoms with Gasteiger partial charge in [-0.2, -0.15) is 0 Å². The number of halogens is 10. The largest absolute Gasteiger partial charge is 0.412 e. The molecule has 110 heavy (non-hydrogen) atoms. The van der Waals surface area contributed by atoms with Gasteiger partial charge in [-0.3, -0.25) is 0 Å². The Hall–Kier alpha value is -1.26. The Balaban J connectivity index is -0.000000408. The molecule has 0 saturated heterocycles. The van der Waals surface area contributed by atoms with E-state index in [0.29, 0.717) is 81.7 Å². The number of ether oxygens (including phenoxy) is 4. The monoisotopic (exact) mass is 1620 g/mol. The van der Waals surface area contributed by atoms with Crippen molar-refractivity contribution >= 4 is 0 Å². The maximum absolute atomic E-state index is 14.4. The number of hydrogen-bond acceptors (Lipinski definition) is 4. The molecule has 20 unspecified atom stereocenters. The first-order chi connectivity index (χ1) is 48.3. The number of alkyl halides is 10. The minimum absolute atomic E-state index is 0. The quantitative estimate of drug-likeness (QED) is 0.0635. The first-order valence-electron chi connectivity index (χ1n) is 43.1. The van der Waals surface area contributed by atoms with Crippen LogP contribution in [0.4, 0.5) is 43.9 Å². The van der Waals surface area contributed by atoms with Crippen molar-refractivity contribution in [1.82, 2.24) is 0 Å². The summed E-state index contributed by atoms with van der Waals surface area (Å²) in [5.74, 6) is 5.85. The van der Waals surface area contributed by atoms with Crippen LogP contribution in [-0.2, 0) is 18.9 Å². The summed E-state index contributed by atoms with van der Waals surface area (Å²) < 4.78 is 164. The van der Waals surface area contributed by atoms with Gasteiger partial charge in [-0.15, -0.1) is 0 Å². The second-order valence-electron chi connectivity index (χ2n) is 34.4. The summed E-state index contributed by atoms with van der Waals surface area (Å²) in [5.41, 5.74) is 0. The molecule has 20 atom stereocenters. The van der Waals surface area contributed by atoms with Crippen LogP contribution in [0.1, 0.15) is 339 Å². The average Bonchev–Trinajstić information content (AvgIpc) is 0.846. The zero-order chi connectivity index (χ0) is 72.7. The molecule has 670 valence electrons. The molecule has 0 aliphatic heterocycles. The van der Waals surface area contributed by atoms with Gasteiger partial charge in [-0.25, -0.2) is 43.9 Å². The maximum atomic E-state index is 14.4. The lowest BCUT2D eigenvalue weighted by Crippen LogP contribution is -2.45. The van der Waals surface area contributed by atoms with Crippen LogP contribution >= 0.6 is 0 Å². The van der Waals surface area contributed by atoms with Crippen LogP contribution in [0.25, 0.3) is 0 Å². The molecule has 0 heterocycles. The third-order valence-electron chi connectivity index (χ3n) is 27.6. The van der Waals surface area contributed by atoms with E-state index >= 15 is 0 Å². The molecule has 0 bridgehead atoms. The van der Waals surface area contributed by atoms with Gasteiger partial charge >= 0.3 is 0 Å². The smallest absolute Gasteiger partial charge is 0.157 e. The molecule has 10 rings (SSSR count). The summed E-state index contributed by atoms with van der Waals surface area (Å²) in [6.07, 6.45) is 30.5. The minimum atomic E-state index is -1.42. The Kier molecular flexibility index (Phi) is 68.0. The van der Waals surface area contributed by atoms with E-state index in [1.54, 1.807) is 0 Å². The molecule has 0 amide bonds. The van der Waals surface area contributed by atoms with Gasteiger partial charge in [0, 0.05) is 26.4 Å². The highest BCUT2D eigenvalue weighted by Crippen LogP contribution is 2.49. The van der Waals surface area contributed by atoms with Gasteiger partial charge in [0.05, 0.1) is 24.4 Å². The summed E-state index contributed by atoms with van der Waals surface area (Å²) in [6, 6.07) is 0. The van der Waals surface area contributed by atoms with Crippen LogP contribution in [0, 0.1) is 94.7 Å². The van der Waals surface area contributed by atoms with E-state index in [2.05, 4.69) is 41.5 Å². The SMILES string of the molecule is CCCC1CCC(C2CCC(OCC)C(F)C2F)CC1.CCCC1CCC(C2CCC(OCC)C(F)C2F)CC1.CCCCC1CCC(C2CCC(C)C(F)C2F)CC1.CCCCC1CCC(C2CCC(OCC)C(F)C2F)CC1.CCCCOC1CCC(C2CCC(C)CC2)C(F)C1F.O.O.O.O.O.O.O.O.O.O. The average molecular weight is 1620 g/mol. The molecule has 0 aromatic heterocycles. The number of unbranched alkanes of at least 4 members (excludes halogenated alkanes) is 3. The molecular weight excluding hydrogens is 1450 g/mol. The van der Waals surface area contributed by atoms with Crippen molar-refractivity contribution in [2.24, 2.45) is 94.7 Å². The Morgan fingerprint density at radius 1 is 0.218 bits per heavy atom. The first kappa shape index (κ1) is 117. The fraction of sp³-hybridized carbons (Fsp3) is 1.00. The van der Waals surface area contributed by atoms with Crippen molar-refractivity contribution in [3.8, 4) is 0 Å². The van der Waals surface area contributed by atoms with E-state index in [-0.39, 0.29) is 90.3 Å². The van der Waals surface area contributed by atoms with Gasteiger partial charge in [-0.05, 0) is 250 Å². The molecule has 0 aromatic rings. The predicted molar refractivity (Wildman–Crippen MR) is 431 cm³/mol. The van der Waals surface area contributed by atoms with Crippen molar-refractivity contribution in [1.29, 1.82) is 0 Å². The van der Waals surface area contributed by atoms with Crippen molar-refractivity contribution < 1.29 is 118 Å². The predicted octanol–water partition coefficient (Wildman–Crippen LogP) is 18.2. The molecule has 0 spiro atoms. The molecule has 10 aliphatic rings. The lowest BCUT2D eigenvalue weighted by Gasteiger charge is -2.41. The van der Waals surface area contributed by atoms with Crippen molar-refractivity contribution in [2.75, 3.05) is 26.4 Å². The van der Waals surface area contributed by atoms with E-state index in [1.807, 2.05) is 27.7 Å². The lowest BCUT2D eigenvalue weighted by atomic mass is 9.67. The third-order valence-corrected chi connectivity index (χ3v) is 27.6. The third kappa shape index (κ3) is 36.1. The molecule has 0 radical (unpaired) electrons. The lowest BCUT2D eigenvalue weighted by molar-refractivity contribution is -0.0876. The van der Waals surface area contributed by atoms with E-state index < -0.39 is 86.1 Å². The molecule has 10 fully saturated rings. The van der Waals surface area contributed by atoms with E-state index in [9.17, 15) is 43.9 Å². The zero-order valence-corrected chi connectivity index (χ0v) is 70.3. The number of hydrogen-bond donors (Lipinski definition) is 0. The van der Waals surface area contributed by atoms with E-state index in [0.717, 1.165) is 145 Å². The van der Waals surface area contributed by atoms with Crippen LogP contribution in [0.3, 0.4) is 0 Å². The summed E-state index contributed by atoms with van der Waals surface area (Å²) in [6.45, 7) is 22.7. The highest BCUT2D eigenvalue weighted by molar-refractivity contribution is 4.98. The Bertz CT molecular complexity index is 2010. The highest BCUT2D eigenvalue weighted by atomic mass is 19.2. The molecule has 10 aliphatic carbocycles. The highest BCUT2D eigenvalue weighted by Gasteiger charge is 2.49. The zero-order valence-electron chi connectivity index (χ0n) is 70.3. The standard InChI is InChI=1S/C18H32F2O.3C17H30F2O.C17H30F2.10H2O/c1-3-5-6-13-7-9-14(10-8-13)15-11-12-16(21-4-2)18(20)17(15)19;1-3-4-11-20-15-10-9-14(16(18)17(15)19)13-7-5-12(2)6-8-13;2*1-3-5-12-6-8-13(9-7-12)14-10-11-15(20-4-2)17(19)16(14)18;1-3-4-5-13-7-9-14(10-8-13)15-11-6-12(2)16(18)17(15)19;;;;;;;;;;/h13-18H,3-12H2,1-2H3;3*12-17H,3-11H2,1-2H3;12-17H,3-11H2,1-2H3;10*1H2. The Labute approximate surface area is 661 Å². The molecular formula is C86H172F10O14. The van der Waals surface area contributed by atoms with E-state index in [4.69, 9.17) is 18.9 Å². The fourth-order valence-corrected chi connectivity index (χ4v) is 21.1. The van der Waals surface area contributed by atoms with Crippen molar-refractivity contribution in [2.45, 2.75) is 425 Å². The summed E-state index contributed by atoms with van der Waals surface area (Å²) in [7, 11) is 0. The van der Waals surface area contributed by atoms with Crippen LogP contribution in [-0.4, -0.2) is 167 Å². The van der Waals surface area contributed by atoms with Crippen molar-refractivity contribution in [3.63, 3.8) is 0 Å². The van der Waals surface area contributed by atoms with Crippen LogP contribution in [0.15, 0.2) is 0 Å². The fourth-order valence-electron chi connectivity index (χ4n) is 21.1. The van der Waals surface area contributed by atoms with Crippen molar-refractivity contribution in [3.05, 3.63) is 0 Å². The topological polar surface area (TPSA) is 352 Å².